The summed E-state index contributed by atoms with van der Waals surface area (Å²) in [6, 6.07) is 0. The van der Waals surface area contributed by atoms with Crippen LogP contribution in [0.5, 0.6) is 0 Å². The summed E-state index contributed by atoms with van der Waals surface area (Å²) in [6.45, 7) is 4.30. The number of carbonyl (C=O) groups excluding carboxylic acids is 1. The largest absolute Gasteiger partial charge is 0.518 e. The standard InChI is InChI=1S/C11H14O6/c1-2-10(12)15-6-4-3-5-14-7-9-8-16-11(13)17-9/h2,8H,1,3-7H2. The van der Waals surface area contributed by atoms with E-state index in [1.807, 2.05) is 0 Å². The minimum Gasteiger partial charge on any atom is -0.463 e. The van der Waals surface area contributed by atoms with Gasteiger partial charge in [0.05, 0.1) is 6.61 Å². The normalized spacial score (nSPS) is 10.1. The number of hydrogen-bond donors (Lipinski definition) is 0. The lowest BCUT2D eigenvalue weighted by Gasteiger charge is -2.02. The maximum Gasteiger partial charge on any atom is 0.518 e. The van der Waals surface area contributed by atoms with E-state index in [1.165, 1.54) is 6.26 Å². The Balaban J connectivity index is 1.96. The Morgan fingerprint density at radius 2 is 2.18 bits per heavy atom. The highest BCUT2D eigenvalue weighted by molar-refractivity contribution is 5.81. The molecule has 0 saturated heterocycles. The molecule has 94 valence electrons. The third-order valence-corrected chi connectivity index (χ3v) is 1.84. The van der Waals surface area contributed by atoms with Crippen LogP contribution in [-0.4, -0.2) is 19.2 Å². The zero-order valence-corrected chi connectivity index (χ0v) is 9.35. The van der Waals surface area contributed by atoms with Crippen LogP contribution in [0.4, 0.5) is 0 Å². The summed E-state index contributed by atoms with van der Waals surface area (Å²) in [7, 11) is 0. The molecule has 0 amide bonds. The smallest absolute Gasteiger partial charge is 0.463 e. The van der Waals surface area contributed by atoms with Gasteiger partial charge >= 0.3 is 11.8 Å². The van der Waals surface area contributed by atoms with Gasteiger partial charge < -0.3 is 18.3 Å². The van der Waals surface area contributed by atoms with Crippen molar-refractivity contribution in [1.29, 1.82) is 0 Å². The van der Waals surface area contributed by atoms with Crippen molar-refractivity contribution in [1.82, 2.24) is 0 Å². The van der Waals surface area contributed by atoms with E-state index in [-0.39, 0.29) is 6.61 Å². The molecule has 0 radical (unpaired) electrons. The Morgan fingerprint density at radius 1 is 1.41 bits per heavy atom. The van der Waals surface area contributed by atoms with Gasteiger partial charge in [0.25, 0.3) is 0 Å². The lowest BCUT2D eigenvalue weighted by molar-refractivity contribution is -0.137. The van der Waals surface area contributed by atoms with Gasteiger partial charge in [0, 0.05) is 12.7 Å². The third kappa shape index (κ3) is 5.72. The molecule has 0 bridgehead atoms. The number of ether oxygens (including phenoxy) is 2. The van der Waals surface area contributed by atoms with E-state index in [0.29, 0.717) is 25.4 Å². The molecule has 0 aliphatic rings. The lowest BCUT2D eigenvalue weighted by atomic mass is 10.3. The highest BCUT2D eigenvalue weighted by Gasteiger charge is 2.01. The molecule has 1 heterocycles. The highest BCUT2D eigenvalue weighted by atomic mass is 16.6. The Morgan fingerprint density at radius 3 is 2.82 bits per heavy atom. The van der Waals surface area contributed by atoms with E-state index in [4.69, 9.17) is 9.47 Å². The minimum atomic E-state index is -0.736. The van der Waals surface area contributed by atoms with Crippen LogP contribution in [0.3, 0.4) is 0 Å². The number of unbranched alkanes of at least 4 members (excludes halogenated alkanes) is 1. The average molecular weight is 242 g/mol. The molecule has 1 rings (SSSR count). The maximum absolute atomic E-state index is 10.7. The first-order valence-corrected chi connectivity index (χ1v) is 5.17. The summed E-state index contributed by atoms with van der Waals surface area (Å²) in [5, 5.41) is 0. The van der Waals surface area contributed by atoms with Gasteiger partial charge in [-0.15, -0.1) is 0 Å². The first-order valence-electron chi connectivity index (χ1n) is 5.17. The summed E-state index contributed by atoms with van der Waals surface area (Å²) in [5.41, 5.74) is 0. The molecular formula is C11H14O6. The Kier molecular flexibility index (Phi) is 5.81. The Bertz CT molecular complexity index is 402. The molecule has 0 unspecified atom stereocenters. The second-order valence-corrected chi connectivity index (χ2v) is 3.19. The van der Waals surface area contributed by atoms with Crippen molar-refractivity contribution >= 4 is 5.97 Å². The van der Waals surface area contributed by atoms with E-state index in [2.05, 4.69) is 15.4 Å². The van der Waals surface area contributed by atoms with Crippen molar-refractivity contribution < 1.29 is 23.1 Å². The van der Waals surface area contributed by atoms with Gasteiger partial charge in [0.2, 0.25) is 0 Å². The predicted octanol–water partition coefficient (Wildman–Crippen LogP) is 1.26. The maximum atomic E-state index is 10.7. The highest BCUT2D eigenvalue weighted by Crippen LogP contribution is 1.99. The van der Waals surface area contributed by atoms with Gasteiger partial charge in [-0.2, -0.15) is 0 Å². The summed E-state index contributed by atoms with van der Waals surface area (Å²) < 4.78 is 19.0. The summed E-state index contributed by atoms with van der Waals surface area (Å²) in [5.74, 6) is -0.806. The third-order valence-electron chi connectivity index (χ3n) is 1.84. The van der Waals surface area contributed by atoms with Gasteiger partial charge in [-0.05, 0) is 12.8 Å². The molecule has 6 nitrogen and oxygen atoms in total. The predicted molar refractivity (Wildman–Crippen MR) is 57.3 cm³/mol. The zero-order valence-electron chi connectivity index (χ0n) is 9.35. The van der Waals surface area contributed by atoms with Crippen LogP contribution in [0.25, 0.3) is 0 Å². The van der Waals surface area contributed by atoms with Crippen LogP contribution >= 0.6 is 0 Å². The topological polar surface area (TPSA) is 78.9 Å². The molecule has 0 atom stereocenters. The molecule has 17 heavy (non-hydrogen) atoms. The fourth-order valence-electron chi connectivity index (χ4n) is 1.04. The molecule has 0 aliphatic heterocycles. The van der Waals surface area contributed by atoms with E-state index in [9.17, 15) is 9.59 Å². The molecule has 0 aromatic carbocycles. The van der Waals surface area contributed by atoms with Crippen LogP contribution in [0.1, 0.15) is 18.6 Å². The molecule has 0 spiro atoms. The molecule has 0 N–H and O–H groups in total. The molecule has 0 fully saturated rings. The van der Waals surface area contributed by atoms with E-state index >= 15 is 0 Å². The van der Waals surface area contributed by atoms with Crippen molar-refractivity contribution in [2.75, 3.05) is 13.2 Å². The zero-order chi connectivity index (χ0) is 12.5. The first-order chi connectivity index (χ1) is 8.22. The van der Waals surface area contributed by atoms with Gasteiger partial charge in [0.1, 0.15) is 12.9 Å². The van der Waals surface area contributed by atoms with Crippen LogP contribution in [0, 0.1) is 0 Å². The van der Waals surface area contributed by atoms with Crippen molar-refractivity contribution in [3.63, 3.8) is 0 Å². The molecule has 0 aliphatic carbocycles. The first kappa shape index (κ1) is 13.2. The van der Waals surface area contributed by atoms with Gasteiger partial charge in [0.15, 0.2) is 5.76 Å². The van der Waals surface area contributed by atoms with Gasteiger partial charge in [-0.25, -0.2) is 9.59 Å². The summed E-state index contributed by atoms with van der Waals surface area (Å²) in [6.07, 6.45) is 3.78. The molecule has 1 aromatic rings. The SMILES string of the molecule is C=CC(=O)OCCCCOCc1coc(=O)o1. The van der Waals surface area contributed by atoms with Gasteiger partial charge in [-0.3, -0.25) is 0 Å². The number of carbonyl (C=O) groups is 1. The number of rotatable bonds is 8. The quantitative estimate of drug-likeness (QED) is 0.388. The van der Waals surface area contributed by atoms with E-state index in [1.54, 1.807) is 0 Å². The fourth-order valence-corrected chi connectivity index (χ4v) is 1.04. The molecule has 1 aromatic heterocycles. The van der Waals surface area contributed by atoms with Crippen molar-refractivity contribution in [3.05, 3.63) is 35.3 Å². The minimum absolute atomic E-state index is 0.193. The second kappa shape index (κ2) is 7.45. The molecule has 0 saturated carbocycles. The monoisotopic (exact) mass is 242 g/mol. The second-order valence-electron chi connectivity index (χ2n) is 3.19. The van der Waals surface area contributed by atoms with Crippen LogP contribution < -0.4 is 5.82 Å². The van der Waals surface area contributed by atoms with Gasteiger partial charge in [-0.1, -0.05) is 6.58 Å². The Hall–Kier alpha value is -1.82. The molecular weight excluding hydrogens is 228 g/mol. The van der Waals surface area contributed by atoms with Crippen molar-refractivity contribution in [3.8, 4) is 0 Å². The van der Waals surface area contributed by atoms with Crippen LogP contribution in [0.2, 0.25) is 0 Å². The Labute approximate surface area is 97.8 Å². The number of esters is 1. The molecule has 6 heteroatoms. The van der Waals surface area contributed by atoms with E-state index in [0.717, 1.165) is 12.5 Å². The van der Waals surface area contributed by atoms with Crippen LogP contribution in [0.15, 0.2) is 32.5 Å². The fraction of sp³-hybridized carbons (Fsp3) is 0.455. The summed E-state index contributed by atoms with van der Waals surface area (Å²) in [4.78, 5) is 21.2. The van der Waals surface area contributed by atoms with Crippen LogP contribution in [-0.2, 0) is 20.9 Å². The lowest BCUT2D eigenvalue weighted by Crippen LogP contribution is -2.03. The van der Waals surface area contributed by atoms with E-state index < -0.39 is 11.8 Å². The summed E-state index contributed by atoms with van der Waals surface area (Å²) >= 11 is 0. The number of hydrogen-bond acceptors (Lipinski definition) is 6. The van der Waals surface area contributed by atoms with Crippen molar-refractivity contribution in [2.45, 2.75) is 19.4 Å². The van der Waals surface area contributed by atoms with Crippen molar-refractivity contribution in [2.24, 2.45) is 0 Å². The average Bonchev–Trinajstić information content (AvgIpc) is 2.73.